The molecule has 4 bridgehead atoms. The van der Waals surface area contributed by atoms with Gasteiger partial charge in [-0.3, -0.25) is 0 Å². The smallest absolute Gasteiger partial charge is 0.127 e. The Hall–Kier alpha value is -2.52. The molecule has 4 heterocycles. The van der Waals surface area contributed by atoms with E-state index >= 15 is 0 Å². The number of hydrogen-bond donors (Lipinski definition) is 0. The van der Waals surface area contributed by atoms with E-state index in [2.05, 4.69) is 36.4 Å². The molecule has 2 aromatic carbocycles. The molecule has 4 unspecified atom stereocenters. The lowest BCUT2D eigenvalue weighted by molar-refractivity contribution is -0.0458. The van der Waals surface area contributed by atoms with Crippen molar-refractivity contribution < 1.29 is 37.9 Å². The zero-order chi connectivity index (χ0) is 27.7. The van der Waals surface area contributed by atoms with Gasteiger partial charge in [-0.25, -0.2) is 0 Å². The van der Waals surface area contributed by atoms with Gasteiger partial charge in [0.2, 0.25) is 0 Å². The van der Waals surface area contributed by atoms with E-state index in [9.17, 15) is 0 Å². The minimum atomic E-state index is -0.380. The van der Waals surface area contributed by atoms with Crippen LogP contribution < -0.4 is 18.9 Å². The van der Waals surface area contributed by atoms with E-state index in [1.165, 1.54) is 32.1 Å². The van der Waals surface area contributed by atoms with Crippen LogP contribution in [0.3, 0.4) is 0 Å². The van der Waals surface area contributed by atoms with Crippen molar-refractivity contribution in [1.82, 2.24) is 0 Å². The highest BCUT2D eigenvalue weighted by Gasteiger charge is 2.62. The molecule has 4 saturated carbocycles. The molecule has 4 aliphatic heterocycles. The summed E-state index contributed by atoms with van der Waals surface area (Å²) in [4.78, 5) is 0. The zero-order valence-electron chi connectivity index (χ0n) is 24.0. The van der Waals surface area contributed by atoms with Crippen LogP contribution in [0.2, 0.25) is 0 Å². The molecule has 224 valence electrons. The quantitative estimate of drug-likeness (QED) is 0.303. The van der Waals surface area contributed by atoms with Crippen LogP contribution >= 0.6 is 0 Å². The van der Waals surface area contributed by atoms with Crippen LogP contribution in [0.5, 0.6) is 23.0 Å². The van der Waals surface area contributed by atoms with Gasteiger partial charge in [0.05, 0.1) is 26.4 Å². The molecular formula is C34H40O8. The summed E-state index contributed by atoms with van der Waals surface area (Å²) < 4.78 is 48.9. The van der Waals surface area contributed by atoms with Crippen LogP contribution in [-0.2, 0) is 24.4 Å². The van der Waals surface area contributed by atoms with Crippen molar-refractivity contribution in [3.05, 3.63) is 47.5 Å². The molecule has 2 aromatic rings. The lowest BCUT2D eigenvalue weighted by Gasteiger charge is -2.62. The van der Waals surface area contributed by atoms with E-state index in [1.807, 2.05) is 0 Å². The first kappa shape index (κ1) is 25.9. The summed E-state index contributed by atoms with van der Waals surface area (Å²) in [6, 6.07) is 12.6. The second-order valence-electron chi connectivity index (χ2n) is 13.5. The molecule has 10 rings (SSSR count). The van der Waals surface area contributed by atoms with Crippen LogP contribution in [0.1, 0.15) is 43.2 Å². The van der Waals surface area contributed by atoms with Crippen LogP contribution in [-0.4, -0.2) is 77.3 Å². The first-order valence-corrected chi connectivity index (χ1v) is 16.0. The lowest BCUT2D eigenvalue weighted by Crippen LogP contribution is -2.56. The number of ether oxygens (including phenoxy) is 8. The molecular weight excluding hydrogens is 536 g/mol. The molecule has 0 amide bonds. The Labute approximate surface area is 246 Å². The molecule has 8 aliphatic rings. The third-order valence-electron chi connectivity index (χ3n) is 10.5. The normalized spacial score (nSPS) is 38.2. The number of benzene rings is 2. The summed E-state index contributed by atoms with van der Waals surface area (Å²) in [5.41, 5.74) is 1.94. The molecule has 4 aliphatic carbocycles. The fourth-order valence-corrected chi connectivity index (χ4v) is 8.58. The fraction of sp³-hybridized carbons (Fsp3) is 0.647. The van der Waals surface area contributed by atoms with Gasteiger partial charge in [0.15, 0.2) is 0 Å². The Morgan fingerprint density at radius 3 is 1.10 bits per heavy atom. The maximum atomic E-state index is 6.67. The zero-order valence-corrected chi connectivity index (χ0v) is 24.0. The average Bonchev–Trinajstić information content (AvgIpc) is 3.81. The minimum Gasteiger partial charge on any atom is -0.490 e. The van der Waals surface area contributed by atoms with Gasteiger partial charge in [-0.05, 0) is 80.0 Å². The average molecular weight is 577 g/mol. The fourth-order valence-electron chi connectivity index (χ4n) is 8.58. The van der Waals surface area contributed by atoms with E-state index in [4.69, 9.17) is 37.9 Å². The van der Waals surface area contributed by atoms with Crippen LogP contribution in [0, 0.1) is 23.7 Å². The highest BCUT2D eigenvalue weighted by Crippen LogP contribution is 2.69. The van der Waals surface area contributed by atoms with Gasteiger partial charge in [-0.15, -0.1) is 0 Å². The second kappa shape index (κ2) is 10.3. The summed E-state index contributed by atoms with van der Waals surface area (Å²) in [5.74, 6) is 5.97. The van der Waals surface area contributed by atoms with E-state index in [-0.39, 0.29) is 29.8 Å². The van der Waals surface area contributed by atoms with Crippen molar-refractivity contribution in [2.45, 2.75) is 61.9 Å². The minimum absolute atomic E-state index is 0.156. The van der Waals surface area contributed by atoms with Gasteiger partial charge < -0.3 is 37.9 Å². The molecule has 0 spiro atoms. The molecule has 4 atom stereocenters. The number of hydrogen-bond acceptors (Lipinski definition) is 8. The predicted octanol–water partition coefficient (Wildman–Crippen LogP) is 4.54. The van der Waals surface area contributed by atoms with Crippen molar-refractivity contribution >= 4 is 0 Å². The number of epoxide rings is 4. The van der Waals surface area contributed by atoms with Crippen LogP contribution in [0.25, 0.3) is 0 Å². The summed E-state index contributed by atoms with van der Waals surface area (Å²) in [6.07, 6.45) is 6.78. The van der Waals surface area contributed by atoms with Gasteiger partial charge in [-0.1, -0.05) is 12.1 Å². The van der Waals surface area contributed by atoms with Gasteiger partial charge in [-0.2, -0.15) is 0 Å². The summed E-state index contributed by atoms with van der Waals surface area (Å²) in [6.45, 7) is 5.18. The van der Waals surface area contributed by atoms with Crippen molar-refractivity contribution in [3.8, 4) is 23.0 Å². The number of rotatable bonds is 14. The van der Waals surface area contributed by atoms with Gasteiger partial charge >= 0.3 is 0 Å². The first-order chi connectivity index (χ1) is 20.7. The summed E-state index contributed by atoms with van der Waals surface area (Å²) in [7, 11) is 0. The molecule has 0 aromatic heterocycles. The monoisotopic (exact) mass is 576 g/mol. The van der Waals surface area contributed by atoms with Crippen LogP contribution in [0.4, 0.5) is 0 Å². The summed E-state index contributed by atoms with van der Waals surface area (Å²) >= 11 is 0. The molecule has 8 fully saturated rings. The predicted molar refractivity (Wildman–Crippen MR) is 152 cm³/mol. The van der Waals surface area contributed by atoms with Crippen molar-refractivity contribution in [2.24, 2.45) is 23.7 Å². The third-order valence-corrected chi connectivity index (χ3v) is 10.5. The molecule has 0 N–H and O–H groups in total. The maximum absolute atomic E-state index is 6.67. The van der Waals surface area contributed by atoms with Crippen molar-refractivity contribution in [1.29, 1.82) is 0 Å². The van der Waals surface area contributed by atoms with Crippen molar-refractivity contribution in [3.63, 3.8) is 0 Å². The van der Waals surface area contributed by atoms with Gasteiger partial charge in [0, 0.05) is 16.5 Å². The van der Waals surface area contributed by atoms with E-state index in [0.717, 1.165) is 72.4 Å². The standard InChI is InChI=1S/C34H40O8/c1-3-28(39-16-24-12-35-24)32(29(4-1)40-17-25-13-36-25)34(22-8-20-7-21(10-22)11-23(34)9-20)33-30(41-18-26-14-37-26)5-2-6-31(33)42-19-27-15-38-27/h1-6,20-27H,7-19H2. The van der Waals surface area contributed by atoms with Crippen molar-refractivity contribution in [2.75, 3.05) is 52.9 Å². The highest BCUT2D eigenvalue weighted by molar-refractivity contribution is 5.63. The Morgan fingerprint density at radius 2 is 0.810 bits per heavy atom. The second-order valence-corrected chi connectivity index (χ2v) is 13.5. The molecule has 42 heavy (non-hydrogen) atoms. The van der Waals surface area contributed by atoms with E-state index < -0.39 is 0 Å². The maximum Gasteiger partial charge on any atom is 0.127 e. The molecule has 4 saturated heterocycles. The molecule has 8 heteroatoms. The van der Waals surface area contributed by atoms with E-state index in [0.29, 0.717) is 38.3 Å². The Bertz CT molecular complexity index is 1130. The Balaban J connectivity index is 1.24. The highest BCUT2D eigenvalue weighted by atomic mass is 16.6. The van der Waals surface area contributed by atoms with Gasteiger partial charge in [0.1, 0.15) is 73.8 Å². The van der Waals surface area contributed by atoms with Gasteiger partial charge in [0.25, 0.3) is 0 Å². The lowest BCUT2D eigenvalue weighted by atomic mass is 9.42. The van der Waals surface area contributed by atoms with Crippen LogP contribution in [0.15, 0.2) is 36.4 Å². The Kier molecular flexibility index (Phi) is 6.35. The largest absolute Gasteiger partial charge is 0.490 e. The summed E-state index contributed by atoms with van der Waals surface area (Å²) in [5, 5.41) is 0. The van der Waals surface area contributed by atoms with E-state index in [1.54, 1.807) is 0 Å². The third kappa shape index (κ3) is 4.84. The SMILES string of the molecule is c1cc(OCC2CO2)c(C2(c3c(OCC4CO4)cccc3OCC3CO3)C3CC4CC(C3)CC2C4)c(OCC2CO2)c1. The first-order valence-electron chi connectivity index (χ1n) is 16.0. The molecule has 0 radical (unpaired) electrons. The molecule has 8 nitrogen and oxygen atoms in total. The topological polar surface area (TPSA) is 87.0 Å². The Morgan fingerprint density at radius 1 is 0.500 bits per heavy atom.